The first-order chi connectivity index (χ1) is 20.0. The SMILES string of the molecule is CCCCNC(=O)C(C)N(Cc1ccccc1)C(=O)CN(c1ccc(OC)cc1)S(=O)(=O)c1ccc(C)c([N+](=O)[O-])c1. The fourth-order valence-corrected chi connectivity index (χ4v) is 5.68. The highest BCUT2D eigenvalue weighted by Crippen LogP contribution is 2.29. The molecule has 3 aromatic rings. The lowest BCUT2D eigenvalue weighted by Crippen LogP contribution is -2.51. The fraction of sp³-hybridized carbons (Fsp3) is 0.333. The van der Waals surface area contributed by atoms with Gasteiger partial charge in [-0.15, -0.1) is 0 Å². The largest absolute Gasteiger partial charge is 0.497 e. The van der Waals surface area contributed by atoms with E-state index < -0.39 is 33.4 Å². The zero-order chi connectivity index (χ0) is 30.9. The summed E-state index contributed by atoms with van der Waals surface area (Å²) in [6, 6.07) is 17.8. The number of carbonyl (C=O) groups excluding carboxylic acids is 2. The molecule has 0 aliphatic rings. The Kier molecular flexibility index (Phi) is 11.0. The van der Waals surface area contributed by atoms with Crippen LogP contribution in [-0.2, 0) is 26.2 Å². The van der Waals surface area contributed by atoms with Crippen LogP contribution in [0, 0.1) is 17.0 Å². The highest BCUT2D eigenvalue weighted by atomic mass is 32.2. The van der Waals surface area contributed by atoms with Crippen molar-refractivity contribution in [3.05, 3.63) is 94.0 Å². The first kappa shape index (κ1) is 32.1. The van der Waals surface area contributed by atoms with Gasteiger partial charge in [0.25, 0.3) is 15.7 Å². The Morgan fingerprint density at radius 2 is 1.71 bits per heavy atom. The van der Waals surface area contributed by atoms with Crippen molar-refractivity contribution >= 4 is 33.2 Å². The molecular formula is C30H36N4O7S. The number of rotatable bonds is 14. The molecule has 2 amide bonds. The predicted octanol–water partition coefficient (Wildman–Crippen LogP) is 4.44. The van der Waals surface area contributed by atoms with E-state index >= 15 is 0 Å². The molecule has 224 valence electrons. The first-order valence-electron chi connectivity index (χ1n) is 13.5. The lowest BCUT2D eigenvalue weighted by atomic mass is 10.1. The summed E-state index contributed by atoms with van der Waals surface area (Å²) in [4.78, 5) is 38.9. The minimum Gasteiger partial charge on any atom is -0.497 e. The number of carbonyl (C=O) groups is 2. The summed E-state index contributed by atoms with van der Waals surface area (Å²) in [6.45, 7) is 4.96. The summed E-state index contributed by atoms with van der Waals surface area (Å²) in [5.74, 6) is -0.518. The molecule has 0 aliphatic heterocycles. The zero-order valence-electron chi connectivity index (χ0n) is 24.1. The summed E-state index contributed by atoms with van der Waals surface area (Å²) in [5, 5.41) is 14.4. The lowest BCUT2D eigenvalue weighted by molar-refractivity contribution is -0.385. The van der Waals surface area contributed by atoms with Crippen molar-refractivity contribution in [2.75, 3.05) is 24.5 Å². The van der Waals surface area contributed by atoms with E-state index in [1.54, 1.807) is 19.1 Å². The minimum absolute atomic E-state index is 0.0640. The third-order valence-corrected chi connectivity index (χ3v) is 8.57. The highest BCUT2D eigenvalue weighted by molar-refractivity contribution is 7.92. The van der Waals surface area contributed by atoms with Crippen LogP contribution in [0.15, 0.2) is 77.7 Å². The average Bonchev–Trinajstić information content (AvgIpc) is 2.98. The first-order valence-corrected chi connectivity index (χ1v) is 15.0. The Labute approximate surface area is 246 Å². The summed E-state index contributed by atoms with van der Waals surface area (Å²) in [6.07, 6.45) is 1.66. The van der Waals surface area contributed by atoms with E-state index in [0.717, 1.165) is 28.8 Å². The maximum Gasteiger partial charge on any atom is 0.273 e. The number of sulfonamides is 1. The van der Waals surface area contributed by atoms with Crippen LogP contribution in [0.25, 0.3) is 0 Å². The second-order valence-corrected chi connectivity index (χ2v) is 11.6. The fourth-order valence-electron chi connectivity index (χ4n) is 4.25. The van der Waals surface area contributed by atoms with E-state index in [1.165, 1.54) is 43.2 Å². The number of anilines is 1. The van der Waals surface area contributed by atoms with Crippen LogP contribution in [0.3, 0.4) is 0 Å². The molecule has 1 unspecified atom stereocenters. The maximum atomic E-state index is 14.0. The molecule has 0 saturated heterocycles. The third-order valence-electron chi connectivity index (χ3n) is 6.80. The van der Waals surface area contributed by atoms with E-state index in [2.05, 4.69) is 5.32 Å². The predicted molar refractivity (Wildman–Crippen MR) is 160 cm³/mol. The molecule has 12 heteroatoms. The summed E-state index contributed by atoms with van der Waals surface area (Å²) < 4.78 is 34.1. The van der Waals surface area contributed by atoms with Crippen molar-refractivity contribution in [3.63, 3.8) is 0 Å². The molecule has 3 rings (SSSR count). The van der Waals surface area contributed by atoms with Gasteiger partial charge in [0.2, 0.25) is 11.8 Å². The molecule has 1 atom stereocenters. The van der Waals surface area contributed by atoms with Gasteiger partial charge in [-0.2, -0.15) is 0 Å². The van der Waals surface area contributed by atoms with Gasteiger partial charge in [-0.1, -0.05) is 49.7 Å². The molecule has 0 bridgehead atoms. The quantitative estimate of drug-likeness (QED) is 0.165. The second-order valence-electron chi connectivity index (χ2n) is 9.74. The van der Waals surface area contributed by atoms with E-state index in [-0.39, 0.29) is 28.7 Å². The van der Waals surface area contributed by atoms with Crippen LogP contribution in [-0.4, -0.2) is 56.3 Å². The van der Waals surface area contributed by atoms with Gasteiger partial charge in [-0.05, 0) is 56.2 Å². The van der Waals surface area contributed by atoms with Crippen molar-refractivity contribution < 1.29 is 27.7 Å². The van der Waals surface area contributed by atoms with Crippen LogP contribution in [0.4, 0.5) is 11.4 Å². The smallest absolute Gasteiger partial charge is 0.273 e. The van der Waals surface area contributed by atoms with E-state index in [9.17, 15) is 28.1 Å². The Bertz CT molecular complexity index is 1500. The van der Waals surface area contributed by atoms with Crippen LogP contribution in [0.2, 0.25) is 0 Å². The number of unbranched alkanes of at least 4 members (excludes halogenated alkanes) is 1. The molecule has 0 heterocycles. The lowest BCUT2D eigenvalue weighted by Gasteiger charge is -2.32. The number of nitro benzene ring substituents is 1. The molecule has 3 aromatic carbocycles. The normalized spacial score (nSPS) is 11.8. The van der Waals surface area contributed by atoms with Gasteiger partial charge in [-0.25, -0.2) is 8.42 Å². The number of nitro groups is 1. The number of nitrogens with one attached hydrogen (secondary N) is 1. The molecule has 11 nitrogen and oxygen atoms in total. The van der Waals surface area contributed by atoms with Crippen molar-refractivity contribution in [2.45, 2.75) is 51.1 Å². The van der Waals surface area contributed by atoms with Gasteiger partial charge in [-0.3, -0.25) is 24.0 Å². The average molecular weight is 597 g/mol. The van der Waals surface area contributed by atoms with Crippen molar-refractivity contribution in [1.82, 2.24) is 10.2 Å². The summed E-state index contributed by atoms with van der Waals surface area (Å²) >= 11 is 0. The van der Waals surface area contributed by atoms with Crippen molar-refractivity contribution in [2.24, 2.45) is 0 Å². The summed E-state index contributed by atoms with van der Waals surface area (Å²) in [7, 11) is -3.01. The van der Waals surface area contributed by atoms with Crippen LogP contribution < -0.4 is 14.4 Å². The number of nitrogens with zero attached hydrogens (tertiary/aromatic N) is 3. The van der Waals surface area contributed by atoms with Crippen LogP contribution >= 0.6 is 0 Å². The number of benzene rings is 3. The minimum atomic E-state index is -4.47. The summed E-state index contributed by atoms with van der Waals surface area (Å²) in [5.41, 5.74) is 0.835. The third kappa shape index (κ3) is 7.84. The van der Waals surface area contributed by atoms with Gasteiger partial charge in [0.1, 0.15) is 18.3 Å². The number of hydrogen-bond donors (Lipinski definition) is 1. The number of ether oxygens (including phenoxy) is 1. The number of aryl methyl sites for hydroxylation is 1. The van der Waals surface area contributed by atoms with Crippen molar-refractivity contribution in [3.8, 4) is 5.75 Å². The van der Waals surface area contributed by atoms with E-state index in [0.29, 0.717) is 17.9 Å². The Morgan fingerprint density at radius 1 is 1.05 bits per heavy atom. The molecular weight excluding hydrogens is 560 g/mol. The molecule has 0 aliphatic carbocycles. The molecule has 0 fully saturated rings. The number of hydrogen-bond acceptors (Lipinski definition) is 7. The van der Waals surface area contributed by atoms with Gasteiger partial charge in [0, 0.05) is 24.7 Å². The maximum absolute atomic E-state index is 14.0. The second kappa shape index (κ2) is 14.4. The Balaban J connectivity index is 2.05. The molecule has 0 saturated carbocycles. The highest BCUT2D eigenvalue weighted by Gasteiger charge is 2.33. The van der Waals surface area contributed by atoms with Crippen molar-refractivity contribution in [1.29, 1.82) is 0 Å². The number of amides is 2. The molecule has 0 aromatic heterocycles. The van der Waals surface area contributed by atoms with Crippen LogP contribution in [0.5, 0.6) is 5.75 Å². The monoisotopic (exact) mass is 596 g/mol. The molecule has 42 heavy (non-hydrogen) atoms. The Hall–Kier alpha value is -4.45. The zero-order valence-corrected chi connectivity index (χ0v) is 25.0. The van der Waals surface area contributed by atoms with Gasteiger partial charge in [0.05, 0.1) is 22.6 Å². The van der Waals surface area contributed by atoms with Gasteiger partial charge in [0.15, 0.2) is 0 Å². The Morgan fingerprint density at radius 3 is 2.31 bits per heavy atom. The van der Waals surface area contributed by atoms with E-state index in [4.69, 9.17) is 4.74 Å². The number of methoxy groups -OCH3 is 1. The standard InChI is InChI=1S/C30H36N4O7S/c1-5-6-18-31-30(36)23(3)32(20-24-10-8-7-9-11-24)29(35)21-33(25-13-15-26(41-4)16-14-25)42(39,40)27-17-12-22(2)28(19-27)34(37)38/h7-17,19,23H,5-6,18,20-21H2,1-4H3,(H,31,36). The topological polar surface area (TPSA) is 139 Å². The van der Waals surface area contributed by atoms with Gasteiger partial charge < -0.3 is 15.0 Å². The molecule has 0 spiro atoms. The van der Waals surface area contributed by atoms with E-state index in [1.807, 2.05) is 37.3 Å². The molecule has 1 N–H and O–H groups in total. The van der Waals surface area contributed by atoms with Crippen LogP contribution in [0.1, 0.15) is 37.8 Å². The molecule has 0 radical (unpaired) electrons. The van der Waals surface area contributed by atoms with Gasteiger partial charge >= 0.3 is 0 Å².